The van der Waals surface area contributed by atoms with Gasteiger partial charge in [0.15, 0.2) is 17.3 Å². The highest BCUT2D eigenvalue weighted by Crippen LogP contribution is 2.21. The van der Waals surface area contributed by atoms with Crippen molar-refractivity contribution >= 4 is 28.0 Å². The van der Waals surface area contributed by atoms with Crippen molar-refractivity contribution in [3.05, 3.63) is 36.7 Å². The smallest absolute Gasteiger partial charge is 0.165 e. The molecule has 0 radical (unpaired) electrons. The van der Waals surface area contributed by atoms with Gasteiger partial charge in [0.05, 0.1) is 29.6 Å². The zero-order valence-corrected chi connectivity index (χ0v) is 26.0. The van der Waals surface area contributed by atoms with Crippen molar-refractivity contribution in [3.63, 3.8) is 0 Å². The van der Waals surface area contributed by atoms with E-state index in [1.54, 1.807) is 13.4 Å². The first kappa shape index (κ1) is 33.2. The van der Waals surface area contributed by atoms with Crippen molar-refractivity contribution < 1.29 is 19.7 Å². The predicted molar refractivity (Wildman–Crippen MR) is 165 cm³/mol. The first-order chi connectivity index (χ1) is 19.8. The van der Waals surface area contributed by atoms with Gasteiger partial charge in [0, 0.05) is 38.7 Å². The molecule has 3 heterocycles. The summed E-state index contributed by atoms with van der Waals surface area (Å²) in [5.74, 6) is 0.807. The lowest BCUT2D eigenvalue weighted by Gasteiger charge is -2.30. The molecular formula is C30H48N8O4. The Morgan fingerprint density at radius 2 is 1.83 bits per heavy atom. The van der Waals surface area contributed by atoms with Crippen molar-refractivity contribution in [2.24, 2.45) is 0 Å². The number of aryl methyl sites for hydroxylation is 2. The number of unbranched alkanes of at least 4 members (excludes halogenated alkanes) is 1. The Morgan fingerprint density at radius 3 is 2.50 bits per heavy atom. The van der Waals surface area contributed by atoms with Crippen LogP contribution in [-0.2, 0) is 17.7 Å². The van der Waals surface area contributed by atoms with Gasteiger partial charge in [-0.3, -0.25) is 4.90 Å². The van der Waals surface area contributed by atoms with E-state index in [-0.39, 0.29) is 12.2 Å². The SMILES string of the molecule is CC(C)(O)O.COC(CCn1cnc2c(N)ncnc21)CN(CCCCc1nc2ccc(OC(C)C)cc2[nH]1)C(C)C. The number of nitrogens with one attached hydrogen (secondary N) is 1. The number of ether oxygens (including phenoxy) is 2. The molecule has 12 nitrogen and oxygen atoms in total. The summed E-state index contributed by atoms with van der Waals surface area (Å²) in [6.45, 7) is 13.8. The van der Waals surface area contributed by atoms with E-state index in [2.05, 4.69) is 38.7 Å². The summed E-state index contributed by atoms with van der Waals surface area (Å²) in [5.41, 5.74) is 9.34. The van der Waals surface area contributed by atoms with Gasteiger partial charge in [-0.1, -0.05) is 0 Å². The number of hydrogen-bond acceptors (Lipinski definition) is 10. The van der Waals surface area contributed by atoms with Gasteiger partial charge in [-0.25, -0.2) is 19.9 Å². The molecule has 0 spiro atoms. The Balaban J connectivity index is 0.000000892. The van der Waals surface area contributed by atoms with Crippen LogP contribution < -0.4 is 10.5 Å². The molecule has 0 aliphatic rings. The number of nitrogens with two attached hydrogens (primary N) is 1. The van der Waals surface area contributed by atoms with Gasteiger partial charge in [0.25, 0.3) is 0 Å². The maximum Gasteiger partial charge on any atom is 0.165 e. The zero-order valence-electron chi connectivity index (χ0n) is 26.0. The van der Waals surface area contributed by atoms with Crippen LogP contribution in [0.2, 0.25) is 0 Å². The lowest BCUT2D eigenvalue weighted by Crippen LogP contribution is -2.39. The molecule has 4 rings (SSSR count). The molecule has 0 saturated heterocycles. The Bertz CT molecular complexity index is 1370. The molecule has 232 valence electrons. The van der Waals surface area contributed by atoms with Crippen molar-refractivity contribution in [2.45, 2.75) is 97.8 Å². The second-order valence-corrected chi connectivity index (χ2v) is 11.6. The van der Waals surface area contributed by atoms with E-state index in [4.69, 9.17) is 30.4 Å². The minimum Gasteiger partial charge on any atom is -0.491 e. The fraction of sp³-hybridized carbons (Fsp3) is 0.600. The van der Waals surface area contributed by atoms with Crippen molar-refractivity contribution in [1.82, 2.24) is 34.4 Å². The number of anilines is 1. The number of aromatic nitrogens is 6. The fourth-order valence-electron chi connectivity index (χ4n) is 4.56. The highest BCUT2D eigenvalue weighted by molar-refractivity contribution is 5.81. The molecule has 0 aliphatic heterocycles. The average Bonchev–Trinajstić information content (AvgIpc) is 3.50. The number of benzene rings is 1. The summed E-state index contributed by atoms with van der Waals surface area (Å²) >= 11 is 0. The highest BCUT2D eigenvalue weighted by atomic mass is 16.5. The molecule has 1 atom stereocenters. The Morgan fingerprint density at radius 1 is 1.10 bits per heavy atom. The van der Waals surface area contributed by atoms with Crippen molar-refractivity contribution in [1.29, 1.82) is 0 Å². The molecule has 0 saturated carbocycles. The molecule has 1 unspecified atom stereocenters. The van der Waals surface area contributed by atoms with Crippen LogP contribution in [0, 0.1) is 0 Å². The molecule has 0 fully saturated rings. The first-order valence-corrected chi connectivity index (χ1v) is 14.6. The third-order valence-electron chi connectivity index (χ3n) is 6.61. The predicted octanol–water partition coefficient (Wildman–Crippen LogP) is 3.92. The number of H-pyrrole nitrogens is 1. The summed E-state index contributed by atoms with van der Waals surface area (Å²) < 4.78 is 13.7. The molecule has 3 aromatic heterocycles. The third-order valence-corrected chi connectivity index (χ3v) is 6.61. The van der Waals surface area contributed by atoms with Crippen molar-refractivity contribution in [2.75, 3.05) is 25.9 Å². The maximum absolute atomic E-state index is 8.08. The Kier molecular flexibility index (Phi) is 12.0. The topological polar surface area (TPSA) is 160 Å². The van der Waals surface area contributed by atoms with Crippen LogP contribution in [0.3, 0.4) is 0 Å². The van der Waals surface area contributed by atoms with Gasteiger partial charge < -0.3 is 35.0 Å². The minimum atomic E-state index is -1.50. The molecule has 0 bridgehead atoms. The molecule has 42 heavy (non-hydrogen) atoms. The summed E-state index contributed by atoms with van der Waals surface area (Å²) in [6.07, 6.45) is 7.46. The number of hydrogen-bond donors (Lipinski definition) is 4. The second kappa shape index (κ2) is 15.2. The monoisotopic (exact) mass is 584 g/mol. The summed E-state index contributed by atoms with van der Waals surface area (Å²) in [7, 11) is 1.79. The molecule has 4 aromatic rings. The van der Waals surface area contributed by atoms with E-state index in [1.165, 1.54) is 20.2 Å². The molecular weight excluding hydrogens is 536 g/mol. The Hall–Kier alpha value is -3.32. The zero-order chi connectivity index (χ0) is 30.9. The average molecular weight is 585 g/mol. The minimum absolute atomic E-state index is 0.108. The van der Waals surface area contributed by atoms with Crippen LogP contribution in [-0.4, -0.2) is 88.8 Å². The van der Waals surface area contributed by atoms with Gasteiger partial charge in [0.1, 0.15) is 23.4 Å². The largest absolute Gasteiger partial charge is 0.491 e. The molecule has 0 aliphatic carbocycles. The molecule has 12 heteroatoms. The lowest BCUT2D eigenvalue weighted by molar-refractivity contribution is -0.127. The van der Waals surface area contributed by atoms with Crippen molar-refractivity contribution in [3.8, 4) is 5.75 Å². The van der Waals surface area contributed by atoms with E-state index in [0.29, 0.717) is 17.4 Å². The van der Waals surface area contributed by atoms with Gasteiger partial charge in [0.2, 0.25) is 0 Å². The molecule has 1 aromatic carbocycles. The Labute approximate surface area is 248 Å². The number of rotatable bonds is 14. The highest BCUT2D eigenvalue weighted by Gasteiger charge is 2.18. The summed E-state index contributed by atoms with van der Waals surface area (Å²) in [5, 5.41) is 16.2. The van der Waals surface area contributed by atoms with Crippen LogP contribution in [0.25, 0.3) is 22.2 Å². The van der Waals surface area contributed by atoms with E-state index in [1.807, 2.05) is 36.6 Å². The van der Waals surface area contributed by atoms with Gasteiger partial charge >= 0.3 is 0 Å². The summed E-state index contributed by atoms with van der Waals surface area (Å²) in [4.78, 5) is 23.4. The standard InChI is InChI=1S/C27H40N8O2.C3H8O2/c1-18(2)34(15-21(36-5)11-13-35-17-31-25-26(28)29-16-30-27(25)35)12-7-6-8-24-32-22-10-9-20(37-19(3)4)14-23(22)33-24;1-3(2,4)5/h9-10,14,16-19,21H,6-8,11-13,15H2,1-5H3,(H,32,33)(H2,28,29,30);4-5H,1-2H3. The van der Waals surface area contributed by atoms with Gasteiger partial charge in [-0.2, -0.15) is 0 Å². The van der Waals surface area contributed by atoms with Gasteiger partial charge in [-0.15, -0.1) is 0 Å². The summed E-state index contributed by atoms with van der Waals surface area (Å²) in [6, 6.07) is 6.47. The van der Waals surface area contributed by atoms with Gasteiger partial charge in [-0.05, 0) is 79.5 Å². The van der Waals surface area contributed by atoms with Crippen LogP contribution >= 0.6 is 0 Å². The number of imidazole rings is 2. The van der Waals surface area contributed by atoms with Crippen LogP contribution in [0.5, 0.6) is 5.75 Å². The first-order valence-electron chi connectivity index (χ1n) is 14.6. The number of nitrogens with zero attached hydrogens (tertiary/aromatic N) is 6. The lowest BCUT2D eigenvalue weighted by atomic mass is 10.1. The normalized spacial score (nSPS) is 12.9. The van der Waals surface area contributed by atoms with E-state index in [0.717, 1.165) is 73.6 Å². The maximum atomic E-state index is 8.08. The quantitative estimate of drug-likeness (QED) is 0.126. The number of fused-ring (bicyclic) bond motifs is 2. The second-order valence-electron chi connectivity index (χ2n) is 11.6. The number of methoxy groups -OCH3 is 1. The number of aromatic amines is 1. The van der Waals surface area contributed by atoms with Crippen LogP contribution in [0.1, 0.15) is 66.6 Å². The fourth-order valence-corrected chi connectivity index (χ4v) is 4.56. The molecule has 5 N–H and O–H groups in total. The third kappa shape index (κ3) is 10.5. The molecule has 0 amide bonds. The van der Waals surface area contributed by atoms with E-state index < -0.39 is 5.79 Å². The number of nitrogen functional groups attached to an aromatic ring is 1. The van der Waals surface area contributed by atoms with E-state index >= 15 is 0 Å². The number of aliphatic hydroxyl groups is 2. The van der Waals surface area contributed by atoms with E-state index in [9.17, 15) is 0 Å². The van der Waals surface area contributed by atoms with Crippen LogP contribution in [0.15, 0.2) is 30.9 Å². The van der Waals surface area contributed by atoms with Crippen LogP contribution in [0.4, 0.5) is 5.82 Å².